The van der Waals surface area contributed by atoms with E-state index in [1.807, 2.05) is 25.7 Å². The van der Waals surface area contributed by atoms with Crippen LogP contribution in [-0.4, -0.2) is 46.7 Å². The number of aromatic nitrogens is 2. The van der Waals surface area contributed by atoms with E-state index in [0.29, 0.717) is 44.3 Å². The third-order valence-electron chi connectivity index (χ3n) is 3.24. The summed E-state index contributed by atoms with van der Waals surface area (Å²) in [6.07, 6.45) is 0.909. The van der Waals surface area contributed by atoms with Crippen LogP contribution >= 0.6 is 0 Å². The van der Waals surface area contributed by atoms with Crippen LogP contribution in [0.5, 0.6) is 0 Å². The average Bonchev–Trinajstić information content (AvgIpc) is 2.85. The lowest BCUT2D eigenvalue weighted by Gasteiger charge is -2.33. The Bertz CT molecular complexity index is 431. The smallest absolute Gasteiger partial charge is 0.227 e. The van der Waals surface area contributed by atoms with Gasteiger partial charge in [-0.2, -0.15) is 4.98 Å². The molecule has 1 aliphatic rings. The highest BCUT2D eigenvalue weighted by Crippen LogP contribution is 2.13. The first-order chi connectivity index (χ1) is 9.08. The predicted octanol–water partition coefficient (Wildman–Crippen LogP) is 1.37. The van der Waals surface area contributed by atoms with Crippen molar-refractivity contribution < 1.29 is 14.1 Å². The van der Waals surface area contributed by atoms with Crippen molar-refractivity contribution in [3.63, 3.8) is 0 Å². The molecule has 19 heavy (non-hydrogen) atoms. The monoisotopic (exact) mass is 267 g/mol. The largest absolute Gasteiger partial charge is 0.377 e. The van der Waals surface area contributed by atoms with Gasteiger partial charge in [0, 0.05) is 25.3 Å². The second-order valence-electron chi connectivity index (χ2n) is 5.21. The van der Waals surface area contributed by atoms with E-state index in [-0.39, 0.29) is 17.9 Å². The number of aryl methyl sites for hydroxylation is 1. The molecule has 1 amide bonds. The Balaban J connectivity index is 1.85. The Hall–Kier alpha value is -1.43. The van der Waals surface area contributed by atoms with Gasteiger partial charge >= 0.3 is 0 Å². The third-order valence-corrected chi connectivity index (χ3v) is 3.24. The minimum absolute atomic E-state index is 0.125. The quantitative estimate of drug-likeness (QED) is 0.824. The molecular weight excluding hydrogens is 246 g/mol. The fourth-order valence-corrected chi connectivity index (χ4v) is 2.06. The van der Waals surface area contributed by atoms with Crippen molar-refractivity contribution in [1.82, 2.24) is 15.0 Å². The maximum Gasteiger partial charge on any atom is 0.227 e. The van der Waals surface area contributed by atoms with E-state index < -0.39 is 0 Å². The summed E-state index contributed by atoms with van der Waals surface area (Å²) < 4.78 is 10.5. The van der Waals surface area contributed by atoms with Gasteiger partial charge in [0.25, 0.3) is 0 Å². The van der Waals surface area contributed by atoms with Crippen LogP contribution in [0.1, 0.15) is 44.8 Å². The van der Waals surface area contributed by atoms with Crippen molar-refractivity contribution >= 4 is 5.91 Å². The molecule has 2 heterocycles. The van der Waals surface area contributed by atoms with Crippen LogP contribution in [0.2, 0.25) is 0 Å². The van der Waals surface area contributed by atoms with Gasteiger partial charge in [0.05, 0.1) is 19.3 Å². The lowest BCUT2D eigenvalue weighted by atomic mass is 10.2. The highest BCUT2D eigenvalue weighted by Gasteiger charge is 2.23. The lowest BCUT2D eigenvalue weighted by molar-refractivity contribution is -0.139. The number of ether oxygens (including phenoxy) is 1. The molecule has 0 N–H and O–H groups in total. The summed E-state index contributed by atoms with van der Waals surface area (Å²) in [5, 5.41) is 3.89. The molecule has 0 unspecified atom stereocenters. The zero-order chi connectivity index (χ0) is 13.8. The fourth-order valence-electron chi connectivity index (χ4n) is 2.06. The van der Waals surface area contributed by atoms with Crippen LogP contribution in [0, 0.1) is 0 Å². The SMILES string of the molecule is CC(C)c1noc(CCC(=O)N2CCOC[C@@H]2C)n1. The molecule has 1 saturated heterocycles. The van der Waals surface area contributed by atoms with Gasteiger partial charge in [-0.05, 0) is 6.92 Å². The van der Waals surface area contributed by atoms with Crippen LogP contribution in [0.15, 0.2) is 4.52 Å². The molecule has 0 bridgehead atoms. The number of carbonyl (C=O) groups is 1. The Labute approximate surface area is 113 Å². The number of hydrogen-bond donors (Lipinski definition) is 0. The van der Waals surface area contributed by atoms with Crippen molar-refractivity contribution in [2.45, 2.75) is 45.6 Å². The van der Waals surface area contributed by atoms with E-state index in [4.69, 9.17) is 9.26 Å². The van der Waals surface area contributed by atoms with Crippen molar-refractivity contribution in [2.24, 2.45) is 0 Å². The summed E-state index contributed by atoms with van der Waals surface area (Å²) in [4.78, 5) is 18.2. The lowest BCUT2D eigenvalue weighted by Crippen LogP contribution is -2.47. The first kappa shape index (κ1) is 14.0. The van der Waals surface area contributed by atoms with Gasteiger partial charge in [0.15, 0.2) is 5.82 Å². The standard InChI is InChI=1S/C13H21N3O3/c1-9(2)13-14-11(19-15-13)4-5-12(17)16-6-7-18-8-10(16)3/h9-10H,4-8H2,1-3H3/t10-/m0/s1. The molecule has 1 aromatic heterocycles. The molecule has 0 aromatic carbocycles. The summed E-state index contributed by atoms with van der Waals surface area (Å²) in [5.74, 6) is 1.60. The molecule has 2 rings (SSSR count). The Kier molecular flexibility index (Phi) is 4.52. The van der Waals surface area contributed by atoms with Gasteiger partial charge in [-0.3, -0.25) is 4.79 Å². The van der Waals surface area contributed by atoms with E-state index >= 15 is 0 Å². The Morgan fingerprint density at radius 3 is 2.95 bits per heavy atom. The van der Waals surface area contributed by atoms with E-state index in [1.165, 1.54) is 0 Å². The molecule has 0 aliphatic carbocycles. The molecule has 6 heteroatoms. The first-order valence-corrected chi connectivity index (χ1v) is 6.77. The van der Waals surface area contributed by atoms with E-state index in [0.717, 1.165) is 0 Å². The number of nitrogens with zero attached hydrogens (tertiary/aromatic N) is 3. The predicted molar refractivity (Wildman–Crippen MR) is 68.7 cm³/mol. The number of rotatable bonds is 4. The summed E-state index contributed by atoms with van der Waals surface area (Å²) >= 11 is 0. The zero-order valence-electron chi connectivity index (χ0n) is 11.8. The maximum absolute atomic E-state index is 12.1. The molecule has 0 saturated carbocycles. The second kappa shape index (κ2) is 6.14. The summed E-state index contributed by atoms with van der Waals surface area (Å²) in [6, 6.07) is 0.148. The molecule has 0 radical (unpaired) electrons. The van der Waals surface area contributed by atoms with Crippen LogP contribution in [0.4, 0.5) is 0 Å². The zero-order valence-corrected chi connectivity index (χ0v) is 11.8. The first-order valence-electron chi connectivity index (χ1n) is 6.77. The molecule has 1 aliphatic heterocycles. The van der Waals surface area contributed by atoms with Gasteiger partial charge < -0.3 is 14.2 Å². The van der Waals surface area contributed by atoms with Crippen LogP contribution in [0.3, 0.4) is 0 Å². The number of morpholine rings is 1. The highest BCUT2D eigenvalue weighted by atomic mass is 16.5. The summed E-state index contributed by atoms with van der Waals surface area (Å²) in [7, 11) is 0. The van der Waals surface area contributed by atoms with Gasteiger partial charge in [-0.1, -0.05) is 19.0 Å². The summed E-state index contributed by atoms with van der Waals surface area (Å²) in [5.41, 5.74) is 0. The van der Waals surface area contributed by atoms with E-state index in [9.17, 15) is 4.79 Å². The van der Waals surface area contributed by atoms with Gasteiger partial charge in [0.1, 0.15) is 0 Å². The van der Waals surface area contributed by atoms with Crippen molar-refractivity contribution in [2.75, 3.05) is 19.8 Å². The highest BCUT2D eigenvalue weighted by molar-refractivity contribution is 5.76. The molecule has 106 valence electrons. The number of amides is 1. The number of hydrogen-bond acceptors (Lipinski definition) is 5. The molecular formula is C13H21N3O3. The van der Waals surface area contributed by atoms with Crippen LogP contribution in [-0.2, 0) is 16.0 Å². The minimum atomic E-state index is 0.125. The van der Waals surface area contributed by atoms with Crippen molar-refractivity contribution in [3.05, 3.63) is 11.7 Å². The molecule has 1 fully saturated rings. The summed E-state index contributed by atoms with van der Waals surface area (Å²) in [6.45, 7) is 7.92. The van der Waals surface area contributed by atoms with Crippen LogP contribution < -0.4 is 0 Å². The van der Waals surface area contributed by atoms with Crippen LogP contribution in [0.25, 0.3) is 0 Å². The molecule has 0 spiro atoms. The molecule has 1 atom stereocenters. The normalized spacial score (nSPS) is 20.0. The van der Waals surface area contributed by atoms with E-state index in [1.54, 1.807) is 0 Å². The number of carbonyl (C=O) groups excluding carboxylic acids is 1. The third kappa shape index (κ3) is 3.53. The van der Waals surface area contributed by atoms with Gasteiger partial charge in [-0.15, -0.1) is 0 Å². The minimum Gasteiger partial charge on any atom is -0.377 e. The maximum atomic E-state index is 12.1. The fraction of sp³-hybridized carbons (Fsp3) is 0.769. The van der Waals surface area contributed by atoms with E-state index in [2.05, 4.69) is 10.1 Å². The molecule has 6 nitrogen and oxygen atoms in total. The second-order valence-corrected chi connectivity index (χ2v) is 5.21. The van der Waals surface area contributed by atoms with Crippen molar-refractivity contribution in [3.8, 4) is 0 Å². The molecule has 1 aromatic rings. The van der Waals surface area contributed by atoms with Gasteiger partial charge in [0.2, 0.25) is 11.8 Å². The van der Waals surface area contributed by atoms with Gasteiger partial charge in [-0.25, -0.2) is 0 Å². The average molecular weight is 267 g/mol. The topological polar surface area (TPSA) is 68.5 Å². The Morgan fingerprint density at radius 1 is 1.53 bits per heavy atom. The Morgan fingerprint density at radius 2 is 2.32 bits per heavy atom. The van der Waals surface area contributed by atoms with Crippen molar-refractivity contribution in [1.29, 1.82) is 0 Å².